The minimum absolute atomic E-state index is 0.169. The van der Waals surface area contributed by atoms with E-state index in [9.17, 15) is 4.79 Å². The summed E-state index contributed by atoms with van der Waals surface area (Å²) in [6.45, 7) is 6.11. The van der Waals surface area contributed by atoms with Crippen molar-refractivity contribution in [1.82, 2.24) is 10.3 Å². The normalized spacial score (nSPS) is 10.6. The molecule has 0 aliphatic carbocycles. The number of hydrogen-bond acceptors (Lipinski definition) is 4. The Labute approximate surface area is 116 Å². The highest BCUT2D eigenvalue weighted by atomic mass is 32.1. The molecule has 4 nitrogen and oxygen atoms in total. The third kappa shape index (κ3) is 2.76. The molecule has 0 fully saturated rings. The van der Waals surface area contributed by atoms with Crippen LogP contribution < -0.4 is 11.1 Å². The topological polar surface area (TPSA) is 68.0 Å². The summed E-state index contributed by atoms with van der Waals surface area (Å²) in [6, 6.07) is 3.92. The number of aryl methyl sites for hydroxylation is 1. The first-order valence-electron chi connectivity index (χ1n) is 6.24. The van der Waals surface area contributed by atoms with Gasteiger partial charge in [0.25, 0.3) is 5.91 Å². The monoisotopic (exact) mass is 275 g/mol. The average Bonchev–Trinajstić information content (AvgIpc) is 2.73. The van der Waals surface area contributed by atoms with Gasteiger partial charge in [-0.2, -0.15) is 0 Å². The summed E-state index contributed by atoms with van der Waals surface area (Å²) in [5.41, 5.74) is 7.57. The quantitative estimate of drug-likeness (QED) is 0.824. The number of thiophene rings is 1. The van der Waals surface area contributed by atoms with E-state index in [4.69, 9.17) is 5.73 Å². The van der Waals surface area contributed by atoms with E-state index in [0.29, 0.717) is 17.1 Å². The molecule has 0 saturated heterocycles. The number of nitrogens with one attached hydrogen (secondary N) is 1. The van der Waals surface area contributed by atoms with Gasteiger partial charge in [-0.25, -0.2) is 4.98 Å². The van der Waals surface area contributed by atoms with Gasteiger partial charge in [-0.3, -0.25) is 4.79 Å². The number of carbonyl (C=O) groups excluding carboxylic acids is 1. The fourth-order valence-corrected chi connectivity index (χ4v) is 2.87. The highest BCUT2D eigenvalue weighted by molar-refractivity contribution is 7.21. The Kier molecular flexibility index (Phi) is 4.16. The summed E-state index contributed by atoms with van der Waals surface area (Å²) in [5, 5.41) is 3.59. The predicted molar refractivity (Wildman–Crippen MR) is 80.6 cm³/mol. The van der Waals surface area contributed by atoms with Gasteiger partial charge in [0.2, 0.25) is 0 Å². The largest absolute Gasteiger partial charge is 0.397 e. The zero-order valence-electron chi connectivity index (χ0n) is 10.9. The first-order valence-corrected chi connectivity index (χ1v) is 7.06. The third-order valence-electron chi connectivity index (χ3n) is 2.77. The van der Waals surface area contributed by atoms with Crippen LogP contribution in [0.1, 0.15) is 28.7 Å². The number of nitrogens with zero attached hydrogens (tertiary/aromatic N) is 1. The maximum Gasteiger partial charge on any atom is 0.263 e. The maximum atomic E-state index is 11.9. The number of rotatable bonds is 5. The van der Waals surface area contributed by atoms with E-state index < -0.39 is 0 Å². The zero-order chi connectivity index (χ0) is 13.8. The smallest absolute Gasteiger partial charge is 0.263 e. The van der Waals surface area contributed by atoms with Crippen molar-refractivity contribution in [3.63, 3.8) is 0 Å². The first-order chi connectivity index (χ1) is 9.17. The van der Waals surface area contributed by atoms with Crippen LogP contribution in [-0.2, 0) is 6.42 Å². The molecule has 1 amide bonds. The second kappa shape index (κ2) is 5.84. The van der Waals surface area contributed by atoms with E-state index in [1.807, 2.05) is 12.1 Å². The van der Waals surface area contributed by atoms with Crippen LogP contribution in [0.5, 0.6) is 0 Å². The van der Waals surface area contributed by atoms with Gasteiger partial charge in [-0.1, -0.05) is 19.4 Å². The summed E-state index contributed by atoms with van der Waals surface area (Å²) in [4.78, 5) is 17.8. The molecule has 0 spiro atoms. The molecule has 2 rings (SSSR count). The lowest BCUT2D eigenvalue weighted by Crippen LogP contribution is -2.22. The molecule has 0 saturated carbocycles. The molecule has 3 N–H and O–H groups in total. The molecule has 19 heavy (non-hydrogen) atoms. The Morgan fingerprint density at radius 2 is 2.37 bits per heavy atom. The second-order valence-electron chi connectivity index (χ2n) is 4.25. The molecule has 0 aliphatic heterocycles. The van der Waals surface area contributed by atoms with Gasteiger partial charge in [-0.15, -0.1) is 17.9 Å². The Hall–Kier alpha value is -1.88. The molecule has 2 heterocycles. The lowest BCUT2D eigenvalue weighted by molar-refractivity contribution is 0.0963. The fraction of sp³-hybridized carbons (Fsp3) is 0.286. The summed E-state index contributed by atoms with van der Waals surface area (Å²) in [5.74, 6) is -0.169. The number of pyridine rings is 1. The highest BCUT2D eigenvalue weighted by Crippen LogP contribution is 2.32. The standard InChI is InChI=1S/C14H17N3OS/c1-3-5-9-6-7-10-11(15)12(19-14(10)17-9)13(18)16-8-4-2/h4,6-7H,2-3,5,8,15H2,1H3,(H,16,18). The van der Waals surface area contributed by atoms with Crippen molar-refractivity contribution in [2.75, 3.05) is 12.3 Å². The summed E-state index contributed by atoms with van der Waals surface area (Å²) < 4.78 is 0. The molecular formula is C14H17N3OS. The number of anilines is 1. The average molecular weight is 275 g/mol. The van der Waals surface area contributed by atoms with Gasteiger partial charge < -0.3 is 11.1 Å². The Bertz CT molecular complexity index is 618. The number of hydrogen-bond donors (Lipinski definition) is 2. The van der Waals surface area contributed by atoms with Crippen LogP contribution in [0.3, 0.4) is 0 Å². The zero-order valence-corrected chi connectivity index (χ0v) is 11.7. The van der Waals surface area contributed by atoms with Crippen LogP contribution in [0.25, 0.3) is 10.2 Å². The molecule has 2 aromatic rings. The molecular weight excluding hydrogens is 258 g/mol. The Morgan fingerprint density at radius 1 is 1.58 bits per heavy atom. The molecule has 0 bridgehead atoms. The number of carbonyl (C=O) groups is 1. The van der Waals surface area contributed by atoms with Crippen molar-refractivity contribution >= 4 is 33.1 Å². The lowest BCUT2D eigenvalue weighted by atomic mass is 10.2. The number of amides is 1. The summed E-state index contributed by atoms with van der Waals surface area (Å²) in [6.07, 6.45) is 3.62. The molecule has 0 unspecified atom stereocenters. The predicted octanol–water partition coefficient (Wildman–Crippen LogP) is 2.75. The van der Waals surface area contributed by atoms with E-state index in [1.165, 1.54) is 11.3 Å². The molecule has 0 aliphatic rings. The van der Waals surface area contributed by atoms with Crippen molar-refractivity contribution in [1.29, 1.82) is 0 Å². The number of aromatic nitrogens is 1. The number of nitrogens with two attached hydrogens (primary N) is 1. The molecule has 100 valence electrons. The van der Waals surface area contributed by atoms with Crippen molar-refractivity contribution < 1.29 is 4.79 Å². The van der Waals surface area contributed by atoms with E-state index >= 15 is 0 Å². The van der Waals surface area contributed by atoms with Gasteiger partial charge in [0.1, 0.15) is 9.71 Å². The Balaban J connectivity index is 2.38. The minimum atomic E-state index is -0.169. The second-order valence-corrected chi connectivity index (χ2v) is 5.25. The third-order valence-corrected chi connectivity index (χ3v) is 3.88. The number of fused-ring (bicyclic) bond motifs is 1. The van der Waals surface area contributed by atoms with Crippen LogP contribution in [0, 0.1) is 0 Å². The maximum absolute atomic E-state index is 11.9. The molecule has 5 heteroatoms. The SMILES string of the molecule is C=CCNC(=O)c1sc2nc(CCC)ccc2c1N. The van der Waals surface area contributed by atoms with Crippen LogP contribution in [0.2, 0.25) is 0 Å². The minimum Gasteiger partial charge on any atom is -0.397 e. The molecule has 0 atom stereocenters. The van der Waals surface area contributed by atoms with E-state index in [-0.39, 0.29) is 5.91 Å². The summed E-state index contributed by atoms with van der Waals surface area (Å²) >= 11 is 1.34. The van der Waals surface area contributed by atoms with Crippen molar-refractivity contribution in [3.8, 4) is 0 Å². The summed E-state index contributed by atoms with van der Waals surface area (Å²) in [7, 11) is 0. The van der Waals surface area contributed by atoms with Gasteiger partial charge >= 0.3 is 0 Å². The number of nitrogen functional groups attached to an aromatic ring is 1. The lowest BCUT2D eigenvalue weighted by Gasteiger charge is -2.00. The molecule has 2 aromatic heterocycles. The van der Waals surface area contributed by atoms with Crippen molar-refractivity contribution in [2.45, 2.75) is 19.8 Å². The van der Waals surface area contributed by atoms with Crippen LogP contribution in [0.4, 0.5) is 5.69 Å². The van der Waals surface area contributed by atoms with Crippen molar-refractivity contribution in [2.24, 2.45) is 0 Å². The molecule has 0 aromatic carbocycles. The Morgan fingerprint density at radius 3 is 3.05 bits per heavy atom. The van der Waals surface area contributed by atoms with Crippen molar-refractivity contribution in [3.05, 3.63) is 35.4 Å². The van der Waals surface area contributed by atoms with E-state index in [1.54, 1.807) is 6.08 Å². The van der Waals surface area contributed by atoms with Gasteiger partial charge in [0.15, 0.2) is 0 Å². The van der Waals surface area contributed by atoms with Crippen LogP contribution in [0.15, 0.2) is 24.8 Å². The first kappa shape index (κ1) is 13.5. The van der Waals surface area contributed by atoms with Gasteiger partial charge in [0.05, 0.1) is 5.69 Å². The highest BCUT2D eigenvalue weighted by Gasteiger charge is 2.16. The van der Waals surface area contributed by atoms with Gasteiger partial charge in [0, 0.05) is 17.6 Å². The van der Waals surface area contributed by atoms with E-state index in [2.05, 4.69) is 23.8 Å². The van der Waals surface area contributed by atoms with Gasteiger partial charge in [-0.05, 0) is 18.6 Å². The fourth-order valence-electron chi connectivity index (χ4n) is 1.84. The van der Waals surface area contributed by atoms with Crippen LogP contribution in [-0.4, -0.2) is 17.4 Å². The van der Waals surface area contributed by atoms with E-state index in [0.717, 1.165) is 28.8 Å². The van der Waals surface area contributed by atoms with Crippen LogP contribution >= 0.6 is 11.3 Å². The molecule has 0 radical (unpaired) electrons.